The number of hydrogen-bond acceptors (Lipinski definition) is 3. The predicted molar refractivity (Wildman–Crippen MR) is 85.6 cm³/mol. The van der Waals surface area contributed by atoms with E-state index in [9.17, 15) is 14.0 Å². The molecule has 1 amide bonds. The lowest BCUT2D eigenvalue weighted by Crippen LogP contribution is -2.24. The maximum absolute atomic E-state index is 13.0. The summed E-state index contributed by atoms with van der Waals surface area (Å²) < 4.78 is 18.1. The van der Waals surface area contributed by atoms with Crippen molar-refractivity contribution in [2.75, 3.05) is 13.2 Å². The van der Waals surface area contributed by atoms with E-state index in [4.69, 9.17) is 4.74 Å². The van der Waals surface area contributed by atoms with Gasteiger partial charge in [0.2, 0.25) is 0 Å². The SMILES string of the molecule is C=CCN1C(=O)/C(=C/c2ccc(F)cc2)C(C(=O)OCC)=C1C. The van der Waals surface area contributed by atoms with Gasteiger partial charge in [-0.1, -0.05) is 18.2 Å². The number of ether oxygens (including phenoxy) is 1. The molecule has 0 radical (unpaired) electrons. The molecule has 0 aliphatic carbocycles. The number of benzene rings is 1. The molecular formula is C18H18FNO3. The van der Waals surface area contributed by atoms with Crippen LogP contribution in [-0.2, 0) is 14.3 Å². The van der Waals surface area contributed by atoms with Crippen LogP contribution in [0.15, 0.2) is 53.8 Å². The first-order valence-corrected chi connectivity index (χ1v) is 7.28. The molecule has 0 bridgehead atoms. The van der Waals surface area contributed by atoms with Crippen LogP contribution in [0.4, 0.5) is 4.39 Å². The lowest BCUT2D eigenvalue weighted by atomic mass is 10.0. The highest BCUT2D eigenvalue weighted by Gasteiger charge is 2.36. The van der Waals surface area contributed by atoms with Crippen molar-refractivity contribution in [3.05, 3.63) is 65.1 Å². The fourth-order valence-electron chi connectivity index (χ4n) is 2.40. The standard InChI is InChI=1S/C18H18FNO3/c1-4-10-20-12(3)16(18(22)23-5-2)15(17(20)21)11-13-6-8-14(19)9-7-13/h4,6-9,11H,1,5,10H2,2-3H3/b15-11+. The van der Waals surface area contributed by atoms with E-state index in [1.807, 2.05) is 0 Å². The summed E-state index contributed by atoms with van der Waals surface area (Å²) in [4.78, 5) is 26.3. The van der Waals surface area contributed by atoms with Crippen molar-refractivity contribution >= 4 is 18.0 Å². The Kier molecular flexibility index (Phi) is 5.11. The first-order chi connectivity index (χ1) is 11.0. The first-order valence-electron chi connectivity index (χ1n) is 7.28. The minimum Gasteiger partial charge on any atom is -0.462 e. The Morgan fingerprint density at radius 3 is 2.57 bits per heavy atom. The summed E-state index contributed by atoms with van der Waals surface area (Å²) in [5, 5.41) is 0. The molecule has 0 unspecified atom stereocenters. The Hall–Kier alpha value is -2.69. The zero-order chi connectivity index (χ0) is 17.0. The van der Waals surface area contributed by atoms with Crippen LogP contribution in [0.1, 0.15) is 19.4 Å². The average molecular weight is 315 g/mol. The number of rotatable bonds is 5. The van der Waals surface area contributed by atoms with Gasteiger partial charge in [0.25, 0.3) is 5.91 Å². The first kappa shape index (κ1) is 16.7. The molecule has 0 saturated heterocycles. The third kappa shape index (κ3) is 3.39. The molecule has 5 heteroatoms. The van der Waals surface area contributed by atoms with Crippen molar-refractivity contribution < 1.29 is 18.7 Å². The molecule has 120 valence electrons. The van der Waals surface area contributed by atoms with Crippen LogP contribution in [0.5, 0.6) is 0 Å². The molecule has 2 rings (SSSR count). The van der Waals surface area contributed by atoms with Gasteiger partial charge in [0.15, 0.2) is 0 Å². The van der Waals surface area contributed by atoms with Gasteiger partial charge in [-0.05, 0) is 37.6 Å². The van der Waals surface area contributed by atoms with E-state index in [1.165, 1.54) is 17.0 Å². The lowest BCUT2D eigenvalue weighted by Gasteiger charge is -2.14. The summed E-state index contributed by atoms with van der Waals surface area (Å²) in [6.07, 6.45) is 3.16. The van der Waals surface area contributed by atoms with Gasteiger partial charge in [-0.25, -0.2) is 9.18 Å². The molecule has 0 fully saturated rings. The van der Waals surface area contributed by atoms with Crippen molar-refractivity contribution in [3.63, 3.8) is 0 Å². The number of carbonyl (C=O) groups excluding carboxylic acids is 2. The highest BCUT2D eigenvalue weighted by Crippen LogP contribution is 2.31. The van der Waals surface area contributed by atoms with Crippen LogP contribution >= 0.6 is 0 Å². The molecule has 0 spiro atoms. The molecule has 0 aromatic heterocycles. The highest BCUT2D eigenvalue weighted by molar-refractivity contribution is 6.16. The topological polar surface area (TPSA) is 46.6 Å². The van der Waals surface area contributed by atoms with Crippen LogP contribution < -0.4 is 0 Å². The third-order valence-electron chi connectivity index (χ3n) is 3.48. The summed E-state index contributed by atoms with van der Waals surface area (Å²) in [5.41, 5.74) is 1.64. The minimum atomic E-state index is -0.543. The third-order valence-corrected chi connectivity index (χ3v) is 3.48. The number of hydrogen-bond donors (Lipinski definition) is 0. The van der Waals surface area contributed by atoms with Crippen molar-refractivity contribution in [1.82, 2.24) is 4.90 Å². The van der Waals surface area contributed by atoms with Crippen molar-refractivity contribution in [1.29, 1.82) is 0 Å². The van der Waals surface area contributed by atoms with Crippen molar-refractivity contribution in [3.8, 4) is 0 Å². The molecule has 1 aliphatic rings. The van der Waals surface area contributed by atoms with Gasteiger partial charge in [0, 0.05) is 12.2 Å². The van der Waals surface area contributed by atoms with Crippen LogP contribution in [0.25, 0.3) is 6.08 Å². The van der Waals surface area contributed by atoms with Crippen molar-refractivity contribution in [2.45, 2.75) is 13.8 Å². The molecular weight excluding hydrogens is 297 g/mol. The second-order valence-corrected chi connectivity index (χ2v) is 4.99. The van der Waals surface area contributed by atoms with Gasteiger partial charge >= 0.3 is 5.97 Å². The Morgan fingerprint density at radius 1 is 1.35 bits per heavy atom. The molecule has 0 N–H and O–H groups in total. The Labute approximate surface area is 134 Å². The predicted octanol–water partition coefficient (Wildman–Crippen LogP) is 3.07. The number of nitrogens with zero attached hydrogens (tertiary/aromatic N) is 1. The Morgan fingerprint density at radius 2 is 2.00 bits per heavy atom. The smallest absolute Gasteiger partial charge is 0.340 e. The minimum absolute atomic E-state index is 0.217. The molecule has 0 saturated carbocycles. The summed E-state index contributed by atoms with van der Waals surface area (Å²) >= 11 is 0. The zero-order valence-electron chi connectivity index (χ0n) is 13.1. The zero-order valence-corrected chi connectivity index (χ0v) is 13.1. The number of esters is 1. The quantitative estimate of drug-likeness (QED) is 0.476. The largest absolute Gasteiger partial charge is 0.462 e. The van der Waals surface area contributed by atoms with Gasteiger partial charge in [0.05, 0.1) is 17.8 Å². The van der Waals surface area contributed by atoms with E-state index in [1.54, 1.807) is 38.1 Å². The maximum atomic E-state index is 13.0. The van der Waals surface area contributed by atoms with E-state index in [0.29, 0.717) is 17.8 Å². The Balaban J connectivity index is 2.50. The monoisotopic (exact) mass is 315 g/mol. The normalized spacial score (nSPS) is 16.2. The summed E-state index contributed by atoms with van der Waals surface area (Å²) in [5.74, 6) is -1.21. The Bertz CT molecular complexity index is 701. The molecule has 1 aromatic rings. The highest BCUT2D eigenvalue weighted by atomic mass is 19.1. The van der Waals surface area contributed by atoms with Crippen LogP contribution in [0, 0.1) is 5.82 Å². The van der Waals surface area contributed by atoms with Crippen LogP contribution in [0.3, 0.4) is 0 Å². The van der Waals surface area contributed by atoms with Gasteiger partial charge in [-0.15, -0.1) is 6.58 Å². The fourth-order valence-corrected chi connectivity index (χ4v) is 2.40. The second kappa shape index (κ2) is 7.05. The van der Waals surface area contributed by atoms with Crippen LogP contribution in [-0.4, -0.2) is 29.9 Å². The number of allylic oxidation sites excluding steroid dienone is 1. The van der Waals surface area contributed by atoms with E-state index in [-0.39, 0.29) is 29.5 Å². The summed E-state index contributed by atoms with van der Waals surface area (Å²) in [6, 6.07) is 5.69. The molecule has 0 atom stereocenters. The number of amides is 1. The average Bonchev–Trinajstić information content (AvgIpc) is 2.75. The molecule has 4 nitrogen and oxygen atoms in total. The van der Waals surface area contributed by atoms with Gasteiger partial charge < -0.3 is 9.64 Å². The lowest BCUT2D eigenvalue weighted by molar-refractivity contribution is -0.138. The van der Waals surface area contributed by atoms with Crippen LogP contribution in [0.2, 0.25) is 0 Å². The molecule has 1 heterocycles. The second-order valence-electron chi connectivity index (χ2n) is 4.99. The molecule has 23 heavy (non-hydrogen) atoms. The van der Waals surface area contributed by atoms with E-state index < -0.39 is 5.97 Å². The molecule has 1 aliphatic heterocycles. The van der Waals surface area contributed by atoms with Crippen molar-refractivity contribution in [2.24, 2.45) is 0 Å². The van der Waals surface area contributed by atoms with E-state index >= 15 is 0 Å². The van der Waals surface area contributed by atoms with E-state index in [2.05, 4.69) is 6.58 Å². The summed E-state index contributed by atoms with van der Waals surface area (Å²) in [6.45, 7) is 7.54. The van der Waals surface area contributed by atoms with Gasteiger partial charge in [-0.3, -0.25) is 4.79 Å². The maximum Gasteiger partial charge on any atom is 0.340 e. The fraction of sp³-hybridized carbons (Fsp3) is 0.222. The number of carbonyl (C=O) groups is 2. The van der Waals surface area contributed by atoms with E-state index in [0.717, 1.165) is 0 Å². The molecule has 1 aromatic carbocycles. The number of halogens is 1. The van der Waals surface area contributed by atoms with Gasteiger partial charge in [0.1, 0.15) is 5.82 Å². The van der Waals surface area contributed by atoms with Gasteiger partial charge in [-0.2, -0.15) is 0 Å². The summed E-state index contributed by atoms with van der Waals surface area (Å²) in [7, 11) is 0.